The highest BCUT2D eigenvalue weighted by atomic mass is 15.2. The van der Waals surface area contributed by atoms with E-state index < -0.39 is 0 Å². The Labute approximate surface area is 122 Å². The number of nitrogen functional groups attached to an aromatic ring is 1. The maximum atomic E-state index is 8.99. The van der Waals surface area contributed by atoms with Crippen LogP contribution in [0.1, 0.15) is 5.56 Å². The lowest BCUT2D eigenvalue weighted by Crippen LogP contribution is -1.94. The summed E-state index contributed by atoms with van der Waals surface area (Å²) in [6.07, 6.45) is 3.70. The number of aromatic nitrogens is 3. The second-order valence-corrected chi connectivity index (χ2v) is 4.76. The van der Waals surface area contributed by atoms with Gasteiger partial charge in [0, 0.05) is 24.4 Å². The fourth-order valence-electron chi connectivity index (χ4n) is 2.18. The van der Waals surface area contributed by atoms with Crippen LogP contribution in [-0.4, -0.2) is 14.8 Å². The molecule has 0 bridgehead atoms. The van der Waals surface area contributed by atoms with Crippen LogP contribution in [0.4, 0.5) is 5.82 Å². The summed E-state index contributed by atoms with van der Waals surface area (Å²) in [5.74, 6) is 0.439. The molecule has 3 aromatic rings. The first-order valence-corrected chi connectivity index (χ1v) is 6.43. The van der Waals surface area contributed by atoms with Crippen LogP contribution < -0.4 is 5.73 Å². The van der Waals surface area contributed by atoms with E-state index in [-0.39, 0.29) is 0 Å². The van der Waals surface area contributed by atoms with Crippen molar-refractivity contribution in [1.29, 1.82) is 5.26 Å². The highest BCUT2D eigenvalue weighted by molar-refractivity contribution is 5.73. The smallest absolute Gasteiger partial charge is 0.124 e. The second-order valence-electron chi connectivity index (χ2n) is 4.76. The number of nitrogens with two attached hydrogens (primary N) is 1. The van der Waals surface area contributed by atoms with Gasteiger partial charge in [-0.05, 0) is 29.8 Å². The van der Waals surface area contributed by atoms with Gasteiger partial charge in [-0.25, -0.2) is 4.98 Å². The van der Waals surface area contributed by atoms with E-state index in [1.807, 2.05) is 37.5 Å². The molecule has 0 unspecified atom stereocenters. The van der Waals surface area contributed by atoms with Gasteiger partial charge < -0.3 is 5.73 Å². The first kappa shape index (κ1) is 12.9. The minimum absolute atomic E-state index is 0.439. The van der Waals surface area contributed by atoms with Gasteiger partial charge in [-0.2, -0.15) is 10.4 Å². The van der Waals surface area contributed by atoms with Gasteiger partial charge in [0.1, 0.15) is 5.82 Å². The molecule has 0 aliphatic heterocycles. The van der Waals surface area contributed by atoms with E-state index in [1.54, 1.807) is 23.0 Å². The summed E-state index contributed by atoms with van der Waals surface area (Å²) in [6.45, 7) is 0. The van der Waals surface area contributed by atoms with Gasteiger partial charge in [-0.1, -0.05) is 12.1 Å². The highest BCUT2D eigenvalue weighted by Gasteiger charge is 2.07. The second kappa shape index (κ2) is 5.10. The molecule has 2 N–H and O–H groups in total. The molecule has 0 saturated heterocycles. The maximum absolute atomic E-state index is 8.99. The number of hydrogen-bond donors (Lipinski definition) is 1. The molecule has 0 atom stereocenters. The predicted octanol–water partition coefficient (Wildman–Crippen LogP) is 2.60. The Morgan fingerprint density at radius 1 is 1.14 bits per heavy atom. The largest absolute Gasteiger partial charge is 0.384 e. The normalized spacial score (nSPS) is 10.3. The molecule has 0 fully saturated rings. The van der Waals surface area contributed by atoms with Gasteiger partial charge in [0.25, 0.3) is 0 Å². The monoisotopic (exact) mass is 275 g/mol. The molecule has 0 spiro atoms. The number of rotatable bonds is 2. The molecule has 0 amide bonds. The van der Waals surface area contributed by atoms with Crippen molar-refractivity contribution in [3.05, 3.63) is 54.4 Å². The van der Waals surface area contributed by atoms with Gasteiger partial charge in [0.05, 0.1) is 23.5 Å². The molecule has 3 rings (SSSR count). The molecule has 5 nitrogen and oxygen atoms in total. The van der Waals surface area contributed by atoms with Crippen LogP contribution in [0.5, 0.6) is 0 Å². The number of hydrogen-bond acceptors (Lipinski definition) is 4. The van der Waals surface area contributed by atoms with E-state index >= 15 is 0 Å². The Morgan fingerprint density at radius 3 is 2.71 bits per heavy atom. The first-order chi connectivity index (χ1) is 10.2. The summed E-state index contributed by atoms with van der Waals surface area (Å²) in [5, 5.41) is 13.2. The van der Waals surface area contributed by atoms with Crippen LogP contribution in [0.25, 0.3) is 22.4 Å². The van der Waals surface area contributed by atoms with E-state index in [0.717, 1.165) is 22.4 Å². The van der Waals surface area contributed by atoms with Crippen molar-refractivity contribution in [1.82, 2.24) is 14.8 Å². The average molecular weight is 275 g/mol. The number of nitrogens with zero attached hydrogens (tertiary/aromatic N) is 4. The van der Waals surface area contributed by atoms with E-state index in [2.05, 4.69) is 16.2 Å². The van der Waals surface area contributed by atoms with Crippen molar-refractivity contribution in [2.24, 2.45) is 7.05 Å². The van der Waals surface area contributed by atoms with Gasteiger partial charge in [-0.3, -0.25) is 4.68 Å². The highest BCUT2D eigenvalue weighted by Crippen LogP contribution is 2.26. The average Bonchev–Trinajstić information content (AvgIpc) is 2.93. The Kier molecular flexibility index (Phi) is 3.13. The van der Waals surface area contributed by atoms with Gasteiger partial charge >= 0.3 is 0 Å². The molecule has 0 radical (unpaired) electrons. The lowest BCUT2D eigenvalue weighted by molar-refractivity contribution is 0.768. The summed E-state index contributed by atoms with van der Waals surface area (Å²) < 4.78 is 1.74. The zero-order valence-electron chi connectivity index (χ0n) is 11.5. The molecule has 102 valence electrons. The Balaban J connectivity index is 2.11. The van der Waals surface area contributed by atoms with Crippen molar-refractivity contribution in [2.75, 3.05) is 5.73 Å². The number of anilines is 1. The summed E-state index contributed by atoms with van der Waals surface area (Å²) in [6, 6.07) is 13.2. The molecule has 0 aliphatic rings. The van der Waals surface area contributed by atoms with Gasteiger partial charge in [-0.15, -0.1) is 0 Å². The van der Waals surface area contributed by atoms with Gasteiger partial charge in [0.2, 0.25) is 0 Å². The molecule has 0 aliphatic carbocycles. The van der Waals surface area contributed by atoms with Crippen molar-refractivity contribution in [2.45, 2.75) is 0 Å². The predicted molar refractivity (Wildman–Crippen MR) is 81.0 cm³/mol. The van der Waals surface area contributed by atoms with Crippen LogP contribution in [0, 0.1) is 11.3 Å². The van der Waals surface area contributed by atoms with Crippen LogP contribution in [0.15, 0.2) is 48.8 Å². The standard InChI is InChI=1S/C16H13N5/c1-21-10-14(9-19-21)13-6-15(20-16(18)7-13)12-4-2-3-11(5-12)8-17/h2-7,9-10H,1H3,(H2,18,20). The topological polar surface area (TPSA) is 80.5 Å². The summed E-state index contributed by atoms with van der Waals surface area (Å²) in [5.41, 5.74) is 10.0. The first-order valence-electron chi connectivity index (χ1n) is 6.43. The summed E-state index contributed by atoms with van der Waals surface area (Å²) in [7, 11) is 1.87. The third kappa shape index (κ3) is 2.60. The minimum Gasteiger partial charge on any atom is -0.384 e. The van der Waals surface area contributed by atoms with Crippen molar-refractivity contribution < 1.29 is 0 Å². The lowest BCUT2D eigenvalue weighted by Gasteiger charge is -2.06. The SMILES string of the molecule is Cn1cc(-c2cc(N)nc(-c3cccc(C#N)c3)c2)cn1. The number of benzene rings is 1. The van der Waals surface area contributed by atoms with E-state index in [0.29, 0.717) is 11.4 Å². The molecule has 5 heteroatoms. The van der Waals surface area contributed by atoms with Gasteiger partial charge in [0.15, 0.2) is 0 Å². The molecule has 2 heterocycles. The zero-order chi connectivity index (χ0) is 14.8. The Morgan fingerprint density at radius 2 is 2.00 bits per heavy atom. The van der Waals surface area contributed by atoms with Crippen LogP contribution in [0.3, 0.4) is 0 Å². The molecule has 2 aromatic heterocycles. The van der Waals surface area contributed by atoms with Crippen LogP contribution >= 0.6 is 0 Å². The summed E-state index contributed by atoms with van der Waals surface area (Å²) in [4.78, 5) is 4.35. The van der Waals surface area contributed by atoms with E-state index in [9.17, 15) is 0 Å². The number of aryl methyl sites for hydroxylation is 1. The minimum atomic E-state index is 0.439. The number of pyridine rings is 1. The Hall–Kier alpha value is -3.13. The van der Waals surface area contributed by atoms with Crippen LogP contribution in [0.2, 0.25) is 0 Å². The zero-order valence-corrected chi connectivity index (χ0v) is 11.5. The van der Waals surface area contributed by atoms with Crippen molar-refractivity contribution in [3.8, 4) is 28.5 Å². The molecular formula is C16H13N5. The molecule has 0 saturated carbocycles. The van der Waals surface area contributed by atoms with E-state index in [4.69, 9.17) is 11.0 Å². The van der Waals surface area contributed by atoms with Crippen molar-refractivity contribution >= 4 is 5.82 Å². The third-order valence-corrected chi connectivity index (χ3v) is 3.17. The lowest BCUT2D eigenvalue weighted by atomic mass is 10.0. The fraction of sp³-hybridized carbons (Fsp3) is 0.0625. The van der Waals surface area contributed by atoms with Crippen molar-refractivity contribution in [3.63, 3.8) is 0 Å². The molecule has 21 heavy (non-hydrogen) atoms. The molecule has 1 aromatic carbocycles. The third-order valence-electron chi connectivity index (χ3n) is 3.17. The molecular weight excluding hydrogens is 262 g/mol. The quantitative estimate of drug-likeness (QED) is 0.779. The fourth-order valence-corrected chi connectivity index (χ4v) is 2.18. The Bertz CT molecular complexity index is 842. The summed E-state index contributed by atoms with van der Waals surface area (Å²) >= 11 is 0. The maximum Gasteiger partial charge on any atom is 0.124 e. The van der Waals surface area contributed by atoms with Crippen LogP contribution in [-0.2, 0) is 7.05 Å². The number of nitriles is 1. The van der Waals surface area contributed by atoms with E-state index in [1.165, 1.54) is 0 Å².